The second kappa shape index (κ2) is 8.08. The number of benzene rings is 2. The molecule has 0 aromatic heterocycles. The van der Waals surface area contributed by atoms with Gasteiger partial charge < -0.3 is 10.6 Å². The fourth-order valence-electron chi connectivity index (χ4n) is 2.96. The fourth-order valence-corrected chi connectivity index (χ4v) is 3.28. The van der Waals surface area contributed by atoms with E-state index in [1.165, 1.54) is 17.7 Å². The number of anilines is 1. The van der Waals surface area contributed by atoms with Crippen molar-refractivity contribution in [3.05, 3.63) is 65.7 Å². The summed E-state index contributed by atoms with van der Waals surface area (Å²) < 4.78 is 37.8. The topological polar surface area (TPSA) is 24.1 Å². The van der Waals surface area contributed by atoms with E-state index >= 15 is 0 Å². The number of nitrogens with one attached hydrogen (secondary N) is 2. The Balaban J connectivity index is 1.91. The first-order valence-corrected chi connectivity index (χ1v) is 8.79. The van der Waals surface area contributed by atoms with Crippen LogP contribution in [-0.2, 0) is 11.6 Å². The van der Waals surface area contributed by atoms with Gasteiger partial charge in [-0.05, 0) is 60.8 Å². The minimum Gasteiger partial charge on any atom is -0.360 e. The van der Waals surface area contributed by atoms with E-state index in [-0.39, 0.29) is 11.5 Å². The molecule has 2 nitrogen and oxygen atoms in total. The second-order valence-corrected chi connectivity index (χ2v) is 7.44. The first kappa shape index (κ1) is 20.2. The predicted molar refractivity (Wildman–Crippen MR) is 104 cm³/mol. The van der Waals surface area contributed by atoms with Crippen LogP contribution in [0.4, 0.5) is 18.9 Å². The summed E-state index contributed by atoms with van der Waals surface area (Å²) in [7, 11) is 0. The van der Waals surface area contributed by atoms with Gasteiger partial charge in [-0.1, -0.05) is 44.2 Å². The Morgan fingerprint density at radius 2 is 1.54 bits per heavy atom. The van der Waals surface area contributed by atoms with Crippen molar-refractivity contribution < 1.29 is 13.2 Å². The molecule has 0 spiro atoms. The molecule has 0 bridgehead atoms. The summed E-state index contributed by atoms with van der Waals surface area (Å²) in [6, 6.07) is 15.1. The summed E-state index contributed by atoms with van der Waals surface area (Å²) in [6.45, 7) is 6.38. The highest BCUT2D eigenvalue weighted by atomic mass is 32.1. The molecule has 1 atom stereocenters. The third kappa shape index (κ3) is 5.73. The van der Waals surface area contributed by atoms with Crippen LogP contribution in [0.5, 0.6) is 0 Å². The van der Waals surface area contributed by atoms with Crippen LogP contribution < -0.4 is 10.6 Å². The van der Waals surface area contributed by atoms with Gasteiger partial charge in [0.2, 0.25) is 0 Å². The molecule has 0 radical (unpaired) electrons. The van der Waals surface area contributed by atoms with E-state index in [4.69, 9.17) is 12.2 Å². The standard InChI is InChI=1S/C20H23F3N2S/c1-14(13-19(2,3)15-7-5-4-6-8-15)24-18(26)25-17-11-9-16(10-12-17)20(21,22)23/h4-12,14H,13H2,1-3H3,(H2,24,25,26). The molecule has 6 heteroatoms. The molecule has 140 valence electrons. The average molecular weight is 380 g/mol. The average Bonchev–Trinajstić information content (AvgIpc) is 2.54. The Hall–Kier alpha value is -2.08. The maximum atomic E-state index is 12.6. The number of alkyl halides is 3. The maximum absolute atomic E-state index is 12.6. The quantitative estimate of drug-likeness (QED) is 0.646. The molecule has 0 amide bonds. The van der Waals surface area contributed by atoms with Gasteiger partial charge in [-0.3, -0.25) is 0 Å². The van der Waals surface area contributed by atoms with Gasteiger partial charge in [-0.15, -0.1) is 0 Å². The van der Waals surface area contributed by atoms with Crippen LogP contribution in [0.3, 0.4) is 0 Å². The van der Waals surface area contributed by atoms with E-state index in [1.807, 2.05) is 25.1 Å². The molecule has 2 aromatic carbocycles. The molecule has 0 aliphatic rings. The molecule has 0 fully saturated rings. The minimum absolute atomic E-state index is 0.0301. The van der Waals surface area contributed by atoms with E-state index in [0.29, 0.717) is 10.8 Å². The van der Waals surface area contributed by atoms with E-state index < -0.39 is 11.7 Å². The summed E-state index contributed by atoms with van der Waals surface area (Å²) in [6.07, 6.45) is -3.49. The van der Waals surface area contributed by atoms with Crippen molar-refractivity contribution >= 4 is 23.0 Å². The van der Waals surface area contributed by atoms with E-state index in [9.17, 15) is 13.2 Å². The molecule has 0 aliphatic carbocycles. The summed E-state index contributed by atoms with van der Waals surface area (Å²) in [5.41, 5.74) is 1.05. The summed E-state index contributed by atoms with van der Waals surface area (Å²) in [4.78, 5) is 0. The lowest BCUT2D eigenvalue weighted by molar-refractivity contribution is -0.137. The zero-order valence-electron chi connectivity index (χ0n) is 15.0. The van der Waals surface area contributed by atoms with Crippen LogP contribution in [0, 0.1) is 0 Å². The van der Waals surface area contributed by atoms with Gasteiger partial charge in [0.25, 0.3) is 0 Å². The van der Waals surface area contributed by atoms with Crippen LogP contribution in [0.25, 0.3) is 0 Å². The minimum atomic E-state index is -4.34. The van der Waals surface area contributed by atoms with Crippen molar-refractivity contribution in [2.45, 2.75) is 44.8 Å². The van der Waals surface area contributed by atoms with Gasteiger partial charge in [0.05, 0.1) is 5.56 Å². The number of thiocarbonyl (C=S) groups is 1. The van der Waals surface area contributed by atoms with Gasteiger partial charge >= 0.3 is 6.18 Å². The largest absolute Gasteiger partial charge is 0.416 e. The molecule has 2 aromatic rings. The van der Waals surface area contributed by atoms with Crippen LogP contribution >= 0.6 is 12.2 Å². The normalized spacial score (nSPS) is 13.2. The number of halogens is 3. The zero-order valence-corrected chi connectivity index (χ0v) is 15.8. The first-order valence-electron chi connectivity index (χ1n) is 8.38. The van der Waals surface area contributed by atoms with Crippen molar-refractivity contribution in [1.82, 2.24) is 5.32 Å². The smallest absolute Gasteiger partial charge is 0.360 e. The molecule has 0 saturated carbocycles. The maximum Gasteiger partial charge on any atom is 0.416 e. The highest BCUT2D eigenvalue weighted by Gasteiger charge is 2.30. The highest BCUT2D eigenvalue weighted by Crippen LogP contribution is 2.30. The van der Waals surface area contributed by atoms with Gasteiger partial charge in [-0.2, -0.15) is 13.2 Å². The molecule has 26 heavy (non-hydrogen) atoms. The van der Waals surface area contributed by atoms with Gasteiger partial charge in [0, 0.05) is 11.7 Å². The van der Waals surface area contributed by atoms with Crippen LogP contribution in [-0.4, -0.2) is 11.2 Å². The predicted octanol–water partition coefficient (Wildman–Crippen LogP) is 5.75. The lowest BCUT2D eigenvalue weighted by Crippen LogP contribution is -2.39. The summed E-state index contributed by atoms with van der Waals surface area (Å²) in [5, 5.41) is 6.52. The molecule has 0 aliphatic heterocycles. The Bertz CT molecular complexity index is 725. The Morgan fingerprint density at radius 1 is 0.962 bits per heavy atom. The van der Waals surface area contributed by atoms with E-state index in [1.54, 1.807) is 0 Å². The molecule has 2 rings (SSSR count). The molecular weight excluding hydrogens is 357 g/mol. The highest BCUT2D eigenvalue weighted by molar-refractivity contribution is 7.80. The van der Waals surface area contributed by atoms with Crippen molar-refractivity contribution in [2.75, 3.05) is 5.32 Å². The van der Waals surface area contributed by atoms with Crippen LogP contribution in [0.15, 0.2) is 54.6 Å². The molecule has 1 unspecified atom stereocenters. The fraction of sp³-hybridized carbons (Fsp3) is 0.350. The zero-order chi connectivity index (χ0) is 19.4. The van der Waals surface area contributed by atoms with Crippen LogP contribution in [0.2, 0.25) is 0 Å². The monoisotopic (exact) mass is 380 g/mol. The number of rotatable bonds is 5. The van der Waals surface area contributed by atoms with Crippen molar-refractivity contribution in [3.8, 4) is 0 Å². The second-order valence-electron chi connectivity index (χ2n) is 7.03. The SMILES string of the molecule is CC(CC(C)(C)c1ccccc1)NC(=S)Nc1ccc(C(F)(F)F)cc1. The summed E-state index contributed by atoms with van der Waals surface area (Å²) in [5.74, 6) is 0. The van der Waals surface area contributed by atoms with Gasteiger partial charge in [-0.25, -0.2) is 0 Å². The van der Waals surface area contributed by atoms with Crippen LogP contribution in [0.1, 0.15) is 38.3 Å². The van der Waals surface area contributed by atoms with Crippen molar-refractivity contribution in [3.63, 3.8) is 0 Å². The van der Waals surface area contributed by atoms with Crippen molar-refractivity contribution in [1.29, 1.82) is 0 Å². The molecule has 0 heterocycles. The Labute approximate surface area is 157 Å². The number of hydrogen-bond acceptors (Lipinski definition) is 1. The molecule has 2 N–H and O–H groups in total. The lowest BCUT2D eigenvalue weighted by Gasteiger charge is -2.29. The van der Waals surface area contributed by atoms with Crippen molar-refractivity contribution in [2.24, 2.45) is 0 Å². The number of hydrogen-bond donors (Lipinski definition) is 2. The third-order valence-electron chi connectivity index (χ3n) is 4.22. The Kier molecular flexibility index (Phi) is 6.29. The van der Waals surface area contributed by atoms with Gasteiger partial charge in [0.15, 0.2) is 5.11 Å². The van der Waals surface area contributed by atoms with Gasteiger partial charge in [0.1, 0.15) is 0 Å². The first-order chi connectivity index (χ1) is 12.1. The third-order valence-corrected chi connectivity index (χ3v) is 4.44. The lowest BCUT2D eigenvalue weighted by atomic mass is 9.79. The van der Waals surface area contributed by atoms with E-state index in [2.05, 4.69) is 36.6 Å². The molecule has 0 saturated heterocycles. The Morgan fingerprint density at radius 3 is 2.08 bits per heavy atom. The van der Waals surface area contributed by atoms with E-state index in [0.717, 1.165) is 18.6 Å². The molecular formula is C20H23F3N2S. The summed E-state index contributed by atoms with van der Waals surface area (Å²) >= 11 is 5.28.